The van der Waals surface area contributed by atoms with Gasteiger partial charge in [-0.15, -0.1) is 0 Å². The summed E-state index contributed by atoms with van der Waals surface area (Å²) in [5.41, 5.74) is -0.367. The van der Waals surface area contributed by atoms with E-state index in [0.29, 0.717) is 0 Å². The zero-order chi connectivity index (χ0) is 15.6. The second-order valence-electron chi connectivity index (χ2n) is 4.09. The van der Waals surface area contributed by atoms with Gasteiger partial charge in [-0.25, -0.2) is 8.78 Å². The van der Waals surface area contributed by atoms with Crippen LogP contribution in [-0.4, -0.2) is 38.9 Å². The van der Waals surface area contributed by atoms with Gasteiger partial charge in [0.25, 0.3) is 0 Å². The van der Waals surface area contributed by atoms with Gasteiger partial charge in [-0.1, -0.05) is 12.2 Å². The van der Waals surface area contributed by atoms with Crippen molar-refractivity contribution in [3.05, 3.63) is 47.9 Å². The number of allylic oxidation sites excluding steroid dienone is 8. The van der Waals surface area contributed by atoms with Crippen molar-refractivity contribution in [1.82, 2.24) is 5.32 Å². The summed E-state index contributed by atoms with van der Waals surface area (Å²) in [5.74, 6) is 0. The van der Waals surface area contributed by atoms with Crippen molar-refractivity contribution in [2.45, 2.75) is 12.3 Å². The topological polar surface area (TPSA) is 80.3 Å². The van der Waals surface area contributed by atoms with E-state index >= 15 is 0 Å². The van der Waals surface area contributed by atoms with E-state index in [1.807, 2.05) is 0 Å². The lowest BCUT2D eigenvalue weighted by Crippen LogP contribution is -2.34. The molecule has 112 valence electrons. The van der Waals surface area contributed by atoms with Gasteiger partial charge >= 0.3 is 0 Å². The second-order valence-corrected chi connectivity index (χ2v) is 5.97. The Balaban J connectivity index is 2.32. The number of alkyl halides is 2. The van der Waals surface area contributed by atoms with Crippen LogP contribution in [-0.2, 0) is 20.6 Å². The molecule has 0 heterocycles. The second kappa shape index (κ2) is 6.19. The number of nitrogens with one attached hydrogen (secondary N) is 1. The fourth-order valence-corrected chi connectivity index (χ4v) is 2.77. The fourth-order valence-electron chi connectivity index (χ4n) is 1.79. The molecule has 0 aromatic rings. The predicted molar refractivity (Wildman–Crippen MR) is 75.2 cm³/mol. The van der Waals surface area contributed by atoms with Crippen molar-refractivity contribution in [1.29, 1.82) is 0 Å². The molecule has 2 rings (SSSR count). The quantitative estimate of drug-likeness (QED) is 0.734. The van der Waals surface area contributed by atoms with Crippen LogP contribution in [0.3, 0.4) is 0 Å². The average Bonchev–Trinajstić information content (AvgIpc) is 2.42. The Morgan fingerprint density at radius 2 is 1.19 bits per heavy atom. The number of rotatable bonds is 2. The monoisotopic (exact) mass is 333 g/mol. The van der Waals surface area contributed by atoms with Gasteiger partial charge in [-0.2, -0.15) is 16.8 Å². The molecule has 2 atom stereocenters. The average molecular weight is 333 g/mol. The van der Waals surface area contributed by atoms with E-state index in [4.69, 9.17) is 0 Å². The Labute approximate surface area is 122 Å². The van der Waals surface area contributed by atoms with Crippen LogP contribution in [0.4, 0.5) is 8.78 Å². The lowest BCUT2D eigenvalue weighted by Gasteiger charge is -2.21. The minimum Gasteiger partial charge on any atom is -0.357 e. The summed E-state index contributed by atoms with van der Waals surface area (Å²) in [5, 5.41) is 2.41. The molecule has 9 heteroatoms. The molecule has 1 N–H and O–H groups in total. The van der Waals surface area contributed by atoms with E-state index in [2.05, 4.69) is 5.32 Å². The zero-order valence-electron chi connectivity index (χ0n) is 10.3. The molecule has 2 aliphatic rings. The van der Waals surface area contributed by atoms with Gasteiger partial charge in [0.2, 0.25) is 20.6 Å². The molecule has 0 aromatic carbocycles. The van der Waals surface area contributed by atoms with Crippen LogP contribution in [0.5, 0.6) is 0 Å². The first-order chi connectivity index (χ1) is 9.91. The van der Waals surface area contributed by atoms with Crippen LogP contribution in [0.15, 0.2) is 47.9 Å². The molecule has 0 aliphatic heterocycles. The smallest absolute Gasteiger partial charge is 0.220 e. The van der Waals surface area contributed by atoms with Crippen molar-refractivity contribution in [3.8, 4) is 0 Å². The zero-order valence-corrected chi connectivity index (χ0v) is 12.0. The normalized spacial score (nSPS) is 24.5. The predicted octanol–water partition coefficient (Wildman–Crippen LogP) is 0.263. The van der Waals surface area contributed by atoms with Gasteiger partial charge in [0.1, 0.15) is 9.73 Å². The minimum absolute atomic E-state index is 0.183. The van der Waals surface area contributed by atoms with E-state index < -0.39 is 42.7 Å². The molecule has 5 nitrogen and oxygen atoms in total. The molecular formula is C12H9F2NO4S2. The summed E-state index contributed by atoms with van der Waals surface area (Å²) < 4.78 is 71.3. The maximum absolute atomic E-state index is 14.0. The van der Waals surface area contributed by atoms with Gasteiger partial charge in [0, 0.05) is 0 Å². The third kappa shape index (κ3) is 3.19. The SMILES string of the molecule is O=S(=O)=C1C=CC=C(NC2=CC=CC(=S(=O)=O)C2F)C1F. The van der Waals surface area contributed by atoms with Crippen molar-refractivity contribution in [2.24, 2.45) is 0 Å². The fraction of sp³-hybridized carbons (Fsp3) is 0.167. The largest absolute Gasteiger partial charge is 0.357 e. The van der Waals surface area contributed by atoms with Gasteiger partial charge in [-0.3, -0.25) is 0 Å². The molecule has 0 aromatic heterocycles. The molecule has 0 saturated carbocycles. The Morgan fingerprint density at radius 1 is 0.810 bits per heavy atom. The summed E-state index contributed by atoms with van der Waals surface area (Å²) >= 11 is 0. The Bertz CT molecular complexity index is 773. The van der Waals surface area contributed by atoms with Gasteiger partial charge in [0.05, 0.1) is 11.4 Å². The summed E-state index contributed by atoms with van der Waals surface area (Å²) in [4.78, 5) is -0.974. The first-order valence-corrected chi connectivity index (χ1v) is 7.80. The summed E-state index contributed by atoms with van der Waals surface area (Å²) in [6, 6.07) is 0. The molecule has 21 heavy (non-hydrogen) atoms. The number of halogens is 2. The van der Waals surface area contributed by atoms with Crippen molar-refractivity contribution < 1.29 is 25.6 Å². The van der Waals surface area contributed by atoms with E-state index in [1.165, 1.54) is 24.3 Å². The first kappa shape index (κ1) is 15.4. The van der Waals surface area contributed by atoms with E-state index in [0.717, 1.165) is 12.2 Å². The molecule has 0 bridgehead atoms. The van der Waals surface area contributed by atoms with Crippen molar-refractivity contribution in [3.63, 3.8) is 0 Å². The molecular weight excluding hydrogens is 324 g/mol. The first-order valence-electron chi connectivity index (χ1n) is 5.65. The molecule has 2 unspecified atom stereocenters. The van der Waals surface area contributed by atoms with Gasteiger partial charge < -0.3 is 5.32 Å². The Hall–Kier alpha value is -2.00. The summed E-state index contributed by atoms with van der Waals surface area (Å²) in [6.45, 7) is 0. The third-order valence-corrected chi connectivity index (χ3v) is 4.25. The molecule has 0 fully saturated rings. The third-order valence-electron chi connectivity index (χ3n) is 2.79. The lowest BCUT2D eigenvalue weighted by molar-refractivity contribution is 0.433. The van der Waals surface area contributed by atoms with Gasteiger partial charge in [0.15, 0.2) is 12.3 Å². The van der Waals surface area contributed by atoms with E-state index in [1.54, 1.807) is 0 Å². The number of hydrogen-bond acceptors (Lipinski definition) is 5. The Morgan fingerprint density at radius 3 is 1.52 bits per heavy atom. The molecule has 0 saturated heterocycles. The van der Waals surface area contributed by atoms with Crippen LogP contribution in [0.25, 0.3) is 0 Å². The van der Waals surface area contributed by atoms with Crippen LogP contribution in [0, 0.1) is 0 Å². The maximum atomic E-state index is 14.0. The van der Waals surface area contributed by atoms with Crippen molar-refractivity contribution in [2.75, 3.05) is 0 Å². The minimum atomic E-state index is -2.74. The highest BCUT2D eigenvalue weighted by atomic mass is 32.2. The van der Waals surface area contributed by atoms with Crippen LogP contribution < -0.4 is 5.32 Å². The van der Waals surface area contributed by atoms with Gasteiger partial charge in [-0.05, 0) is 24.3 Å². The molecule has 0 amide bonds. The highest BCUT2D eigenvalue weighted by Crippen LogP contribution is 2.18. The van der Waals surface area contributed by atoms with Crippen LogP contribution in [0.2, 0.25) is 0 Å². The maximum Gasteiger partial charge on any atom is 0.220 e. The summed E-state index contributed by atoms with van der Waals surface area (Å²) in [6.07, 6.45) is 3.35. The molecule has 0 radical (unpaired) electrons. The van der Waals surface area contributed by atoms with Crippen molar-refractivity contribution >= 4 is 30.3 Å². The molecule has 2 aliphatic carbocycles. The summed E-state index contributed by atoms with van der Waals surface area (Å²) in [7, 11) is -5.48. The highest BCUT2D eigenvalue weighted by Gasteiger charge is 2.27. The Kier molecular flexibility index (Phi) is 4.53. The highest BCUT2D eigenvalue weighted by molar-refractivity contribution is 7.73. The lowest BCUT2D eigenvalue weighted by atomic mass is 10.1. The van der Waals surface area contributed by atoms with Crippen LogP contribution in [0.1, 0.15) is 0 Å². The molecule has 0 spiro atoms. The van der Waals surface area contributed by atoms with E-state index in [-0.39, 0.29) is 11.4 Å². The van der Waals surface area contributed by atoms with E-state index in [9.17, 15) is 25.6 Å². The number of hydrogen-bond donors (Lipinski definition) is 1. The van der Waals surface area contributed by atoms with Crippen LogP contribution >= 0.6 is 0 Å². The standard InChI is InChI=1S/C12H9F2NO4S2/c13-11-7(3-1-5-9(11)20(16)17)15-8-4-2-6-10(12(8)14)21(18)19/h1-6,11-12,15H.